The van der Waals surface area contributed by atoms with Gasteiger partial charge in [-0.15, -0.1) is 0 Å². The summed E-state index contributed by atoms with van der Waals surface area (Å²) in [5.41, 5.74) is 0.240. The first kappa shape index (κ1) is 15.6. The number of carboxylic acid groups (broad SMARTS) is 1. The summed E-state index contributed by atoms with van der Waals surface area (Å²) >= 11 is 0. The maximum absolute atomic E-state index is 12.0. The number of rotatable bonds is 7. The molecule has 1 rings (SSSR count). The van der Waals surface area contributed by atoms with E-state index in [9.17, 15) is 19.7 Å². The molecule has 0 bridgehead atoms. The van der Waals surface area contributed by atoms with Gasteiger partial charge in [-0.1, -0.05) is 13.3 Å². The molecular weight excluding hydrogens is 264 g/mol. The number of anilines is 1. The monoisotopic (exact) mass is 280 g/mol. The predicted molar refractivity (Wildman–Crippen MR) is 72.6 cm³/mol. The Morgan fingerprint density at radius 3 is 2.35 bits per heavy atom. The average molecular weight is 280 g/mol. The van der Waals surface area contributed by atoms with Crippen molar-refractivity contribution >= 4 is 23.3 Å². The van der Waals surface area contributed by atoms with Gasteiger partial charge in [-0.2, -0.15) is 0 Å². The summed E-state index contributed by atoms with van der Waals surface area (Å²) in [6, 6.07) is 5.25. The van der Waals surface area contributed by atoms with Crippen molar-refractivity contribution < 1.29 is 19.6 Å². The standard InChI is InChI=1S/C13H16N2O5/c1-2-3-4-12(16)14(9-13(17)18)10-5-7-11(8-6-10)15(19)20/h5-8H,2-4,9H2,1H3,(H,17,18). The van der Waals surface area contributed by atoms with Crippen LogP contribution >= 0.6 is 0 Å². The summed E-state index contributed by atoms with van der Waals surface area (Å²) in [6.07, 6.45) is 1.75. The minimum atomic E-state index is -1.13. The highest BCUT2D eigenvalue weighted by atomic mass is 16.6. The quantitative estimate of drug-likeness (QED) is 0.609. The molecule has 1 aromatic carbocycles. The van der Waals surface area contributed by atoms with Crippen LogP contribution in [-0.4, -0.2) is 28.5 Å². The van der Waals surface area contributed by atoms with Crippen molar-refractivity contribution in [2.45, 2.75) is 26.2 Å². The molecule has 1 amide bonds. The molecule has 0 saturated carbocycles. The number of hydrogen-bond acceptors (Lipinski definition) is 4. The van der Waals surface area contributed by atoms with E-state index in [4.69, 9.17) is 5.11 Å². The molecule has 0 saturated heterocycles. The molecule has 20 heavy (non-hydrogen) atoms. The van der Waals surface area contributed by atoms with Crippen molar-refractivity contribution in [2.75, 3.05) is 11.4 Å². The molecule has 0 unspecified atom stereocenters. The first-order valence-electron chi connectivity index (χ1n) is 6.22. The van der Waals surface area contributed by atoms with Gasteiger partial charge < -0.3 is 10.0 Å². The normalized spacial score (nSPS) is 10.1. The molecule has 0 aromatic heterocycles. The minimum Gasteiger partial charge on any atom is -0.480 e. The highest BCUT2D eigenvalue weighted by molar-refractivity contribution is 5.97. The van der Waals surface area contributed by atoms with Gasteiger partial charge in [0, 0.05) is 24.2 Å². The molecule has 1 N–H and O–H groups in total. The summed E-state index contributed by atoms with van der Waals surface area (Å²) in [7, 11) is 0. The molecule has 108 valence electrons. The third-order valence-corrected chi connectivity index (χ3v) is 2.71. The van der Waals surface area contributed by atoms with E-state index in [1.54, 1.807) is 0 Å². The second kappa shape index (κ2) is 7.22. The van der Waals surface area contributed by atoms with Gasteiger partial charge in [0.15, 0.2) is 0 Å². The van der Waals surface area contributed by atoms with Crippen LogP contribution in [0.25, 0.3) is 0 Å². The van der Waals surface area contributed by atoms with E-state index < -0.39 is 17.4 Å². The summed E-state index contributed by atoms with van der Waals surface area (Å²) in [5, 5.41) is 19.4. The fourth-order valence-corrected chi connectivity index (χ4v) is 1.68. The number of benzene rings is 1. The molecule has 0 radical (unpaired) electrons. The lowest BCUT2D eigenvalue weighted by Gasteiger charge is -2.20. The lowest BCUT2D eigenvalue weighted by molar-refractivity contribution is -0.384. The van der Waals surface area contributed by atoms with Crippen molar-refractivity contribution in [1.82, 2.24) is 0 Å². The van der Waals surface area contributed by atoms with Gasteiger partial charge in [0.1, 0.15) is 6.54 Å². The van der Waals surface area contributed by atoms with Gasteiger partial charge in [-0.05, 0) is 18.6 Å². The molecule has 0 aliphatic rings. The van der Waals surface area contributed by atoms with Crippen LogP contribution in [0, 0.1) is 10.1 Å². The number of carbonyl (C=O) groups is 2. The van der Waals surface area contributed by atoms with Gasteiger partial charge in [-0.3, -0.25) is 19.7 Å². The zero-order chi connectivity index (χ0) is 15.1. The Kier molecular flexibility index (Phi) is 5.64. The Morgan fingerprint density at radius 2 is 1.90 bits per heavy atom. The number of carbonyl (C=O) groups excluding carboxylic acids is 1. The van der Waals surface area contributed by atoms with Crippen LogP contribution in [0.5, 0.6) is 0 Å². The number of amides is 1. The highest BCUT2D eigenvalue weighted by Crippen LogP contribution is 2.20. The van der Waals surface area contributed by atoms with Crippen molar-refractivity contribution in [3.63, 3.8) is 0 Å². The zero-order valence-electron chi connectivity index (χ0n) is 11.1. The predicted octanol–water partition coefficient (Wildman–Crippen LogP) is 2.20. The molecular formula is C13H16N2O5. The summed E-state index contributed by atoms with van der Waals surface area (Å²) in [4.78, 5) is 34.0. The topological polar surface area (TPSA) is 101 Å². The van der Waals surface area contributed by atoms with E-state index in [2.05, 4.69) is 0 Å². The Bertz CT molecular complexity index is 498. The second-order valence-electron chi connectivity index (χ2n) is 4.25. The smallest absolute Gasteiger partial charge is 0.323 e. The van der Waals surface area contributed by atoms with Crippen LogP contribution in [0.1, 0.15) is 26.2 Å². The van der Waals surface area contributed by atoms with Crippen LogP contribution < -0.4 is 4.90 Å². The van der Waals surface area contributed by atoms with Crippen LogP contribution in [-0.2, 0) is 9.59 Å². The van der Waals surface area contributed by atoms with Gasteiger partial charge in [-0.25, -0.2) is 0 Å². The average Bonchev–Trinajstić information content (AvgIpc) is 2.42. The number of hydrogen-bond donors (Lipinski definition) is 1. The van der Waals surface area contributed by atoms with Crippen LogP contribution in [0.4, 0.5) is 11.4 Å². The zero-order valence-corrected chi connectivity index (χ0v) is 11.1. The maximum Gasteiger partial charge on any atom is 0.323 e. The van der Waals surface area contributed by atoms with Crippen LogP contribution in [0.15, 0.2) is 24.3 Å². The van der Waals surface area contributed by atoms with Gasteiger partial charge in [0.25, 0.3) is 5.69 Å². The number of carboxylic acids is 1. The van der Waals surface area contributed by atoms with E-state index in [0.29, 0.717) is 12.1 Å². The van der Waals surface area contributed by atoms with Crippen molar-refractivity contribution in [3.8, 4) is 0 Å². The minimum absolute atomic E-state index is 0.106. The van der Waals surface area contributed by atoms with E-state index >= 15 is 0 Å². The van der Waals surface area contributed by atoms with E-state index in [1.807, 2.05) is 6.92 Å². The largest absolute Gasteiger partial charge is 0.480 e. The van der Waals surface area contributed by atoms with Crippen molar-refractivity contribution in [3.05, 3.63) is 34.4 Å². The van der Waals surface area contributed by atoms with Gasteiger partial charge in [0.2, 0.25) is 5.91 Å². The Hall–Kier alpha value is -2.44. The lowest BCUT2D eigenvalue weighted by atomic mass is 10.2. The van der Waals surface area contributed by atoms with Crippen molar-refractivity contribution in [1.29, 1.82) is 0 Å². The van der Waals surface area contributed by atoms with Crippen LogP contribution in [0.3, 0.4) is 0 Å². The number of aliphatic carboxylic acids is 1. The number of non-ortho nitro benzene ring substituents is 1. The van der Waals surface area contributed by atoms with Gasteiger partial charge in [0.05, 0.1) is 4.92 Å². The van der Waals surface area contributed by atoms with E-state index in [-0.39, 0.29) is 18.0 Å². The molecule has 0 aliphatic carbocycles. The van der Waals surface area contributed by atoms with E-state index in [1.165, 1.54) is 24.3 Å². The lowest BCUT2D eigenvalue weighted by Crippen LogP contribution is -2.35. The number of nitro groups is 1. The molecule has 0 spiro atoms. The SMILES string of the molecule is CCCCC(=O)N(CC(=O)O)c1ccc([N+](=O)[O-])cc1. The van der Waals surface area contributed by atoms with Crippen LogP contribution in [0.2, 0.25) is 0 Å². The molecule has 0 fully saturated rings. The molecule has 7 nitrogen and oxygen atoms in total. The third kappa shape index (κ3) is 4.34. The van der Waals surface area contributed by atoms with Gasteiger partial charge >= 0.3 is 5.97 Å². The number of nitrogens with zero attached hydrogens (tertiary/aromatic N) is 2. The number of unbranched alkanes of at least 4 members (excludes halogenated alkanes) is 1. The van der Waals surface area contributed by atoms with E-state index in [0.717, 1.165) is 11.3 Å². The molecule has 0 heterocycles. The first-order chi connectivity index (χ1) is 9.45. The fraction of sp³-hybridized carbons (Fsp3) is 0.385. The highest BCUT2D eigenvalue weighted by Gasteiger charge is 2.19. The Labute approximate surface area is 116 Å². The first-order valence-corrected chi connectivity index (χ1v) is 6.22. The Balaban J connectivity index is 2.94. The molecule has 0 aliphatic heterocycles. The third-order valence-electron chi connectivity index (χ3n) is 2.71. The Morgan fingerprint density at radius 1 is 1.30 bits per heavy atom. The summed E-state index contributed by atoms with van der Waals surface area (Å²) in [5.74, 6) is -1.43. The fourth-order valence-electron chi connectivity index (χ4n) is 1.68. The number of nitro benzene ring substituents is 1. The summed E-state index contributed by atoms with van der Waals surface area (Å²) in [6.45, 7) is 1.47. The molecule has 1 aromatic rings. The molecule has 7 heteroatoms. The second-order valence-corrected chi connectivity index (χ2v) is 4.25. The maximum atomic E-state index is 12.0. The summed E-state index contributed by atoms with van der Waals surface area (Å²) < 4.78 is 0. The van der Waals surface area contributed by atoms with Crippen molar-refractivity contribution in [2.24, 2.45) is 0 Å². The molecule has 0 atom stereocenters.